The number of aromatic hydroxyl groups is 2. The Morgan fingerprint density at radius 3 is 2.22 bits per heavy atom. The van der Waals surface area contributed by atoms with E-state index in [-0.39, 0.29) is 36.3 Å². The molecule has 0 aliphatic carbocycles. The summed E-state index contributed by atoms with van der Waals surface area (Å²) < 4.78 is 0. The Morgan fingerprint density at radius 2 is 1.67 bits per heavy atom. The molecule has 0 saturated heterocycles. The Morgan fingerprint density at radius 1 is 1.04 bits per heavy atom. The molecule has 2 aromatic rings. The quantitative estimate of drug-likeness (QED) is 0.540. The molecule has 144 valence electrons. The monoisotopic (exact) mass is 371 g/mol. The predicted molar refractivity (Wildman–Crippen MR) is 103 cm³/mol. The molecule has 4 N–H and O–H groups in total. The molecule has 0 spiro atoms. The van der Waals surface area contributed by atoms with Crippen molar-refractivity contribution in [3.63, 3.8) is 0 Å². The van der Waals surface area contributed by atoms with Gasteiger partial charge in [-0.15, -0.1) is 0 Å². The van der Waals surface area contributed by atoms with Crippen LogP contribution >= 0.6 is 0 Å². The highest BCUT2D eigenvalue weighted by atomic mass is 16.4. The molecule has 27 heavy (non-hydrogen) atoms. The van der Waals surface area contributed by atoms with E-state index >= 15 is 0 Å². The molecule has 0 radical (unpaired) electrons. The zero-order chi connectivity index (χ0) is 19.8. The third kappa shape index (κ3) is 6.02. The van der Waals surface area contributed by atoms with Gasteiger partial charge in [-0.1, -0.05) is 43.7 Å². The molecule has 0 aliphatic rings. The molecular formula is C21H25NO5. The van der Waals surface area contributed by atoms with Crippen LogP contribution in [0.15, 0.2) is 42.5 Å². The van der Waals surface area contributed by atoms with E-state index in [2.05, 4.69) is 5.32 Å². The SMILES string of the molecule is CCC[C@H](Cc1cc(O)c(-c2ccccc2)c(O)c1)NC(=O)CCC(=O)O. The number of phenolic OH excluding ortho intramolecular Hbond substituents is 2. The van der Waals surface area contributed by atoms with Crippen molar-refractivity contribution in [3.8, 4) is 22.6 Å². The lowest BCUT2D eigenvalue weighted by Gasteiger charge is -2.19. The van der Waals surface area contributed by atoms with Gasteiger partial charge in [-0.05, 0) is 36.1 Å². The van der Waals surface area contributed by atoms with Crippen LogP contribution in [0.5, 0.6) is 11.5 Å². The molecule has 0 fully saturated rings. The molecule has 0 heterocycles. The van der Waals surface area contributed by atoms with E-state index in [9.17, 15) is 19.8 Å². The van der Waals surface area contributed by atoms with Gasteiger partial charge in [-0.25, -0.2) is 0 Å². The highest BCUT2D eigenvalue weighted by Gasteiger charge is 2.17. The van der Waals surface area contributed by atoms with Gasteiger partial charge in [-0.2, -0.15) is 0 Å². The predicted octanol–water partition coefficient (Wildman–Crippen LogP) is 3.46. The van der Waals surface area contributed by atoms with Crippen LogP contribution in [0.3, 0.4) is 0 Å². The minimum Gasteiger partial charge on any atom is -0.507 e. The van der Waals surface area contributed by atoms with Crippen LogP contribution in [0.1, 0.15) is 38.2 Å². The second-order valence-electron chi connectivity index (χ2n) is 6.53. The zero-order valence-corrected chi connectivity index (χ0v) is 15.3. The number of carbonyl (C=O) groups excluding carboxylic acids is 1. The van der Waals surface area contributed by atoms with Crippen molar-refractivity contribution in [1.29, 1.82) is 0 Å². The fourth-order valence-electron chi connectivity index (χ4n) is 3.07. The van der Waals surface area contributed by atoms with E-state index in [1.54, 1.807) is 24.3 Å². The summed E-state index contributed by atoms with van der Waals surface area (Å²) in [5.41, 5.74) is 1.78. The maximum Gasteiger partial charge on any atom is 0.303 e. The van der Waals surface area contributed by atoms with Crippen LogP contribution in [0.25, 0.3) is 11.1 Å². The molecule has 0 aromatic heterocycles. The van der Waals surface area contributed by atoms with Crippen LogP contribution in [-0.2, 0) is 16.0 Å². The van der Waals surface area contributed by atoms with Gasteiger partial charge in [0.25, 0.3) is 0 Å². The third-order valence-corrected chi connectivity index (χ3v) is 4.27. The van der Waals surface area contributed by atoms with Crippen LogP contribution in [0.2, 0.25) is 0 Å². The van der Waals surface area contributed by atoms with Gasteiger partial charge >= 0.3 is 5.97 Å². The summed E-state index contributed by atoms with van der Waals surface area (Å²) in [6, 6.07) is 12.1. The summed E-state index contributed by atoms with van der Waals surface area (Å²) in [5.74, 6) is -1.37. The Balaban J connectivity index is 2.14. The fourth-order valence-corrected chi connectivity index (χ4v) is 3.07. The lowest BCUT2D eigenvalue weighted by Crippen LogP contribution is -2.36. The molecule has 1 atom stereocenters. The second-order valence-corrected chi connectivity index (χ2v) is 6.53. The second kappa shape index (κ2) is 9.62. The normalized spacial score (nSPS) is 11.7. The van der Waals surface area contributed by atoms with Gasteiger partial charge < -0.3 is 20.6 Å². The van der Waals surface area contributed by atoms with Crippen LogP contribution in [0, 0.1) is 0 Å². The maximum absolute atomic E-state index is 11.9. The summed E-state index contributed by atoms with van der Waals surface area (Å²) in [6.07, 6.45) is 1.70. The number of aliphatic carboxylic acids is 1. The summed E-state index contributed by atoms with van der Waals surface area (Å²) in [4.78, 5) is 22.5. The van der Waals surface area contributed by atoms with E-state index in [1.807, 2.05) is 25.1 Å². The summed E-state index contributed by atoms with van der Waals surface area (Å²) in [5, 5.41) is 32.3. The minimum absolute atomic E-state index is 0.0244. The van der Waals surface area contributed by atoms with Gasteiger partial charge in [0.2, 0.25) is 5.91 Å². The van der Waals surface area contributed by atoms with Crippen LogP contribution in [0.4, 0.5) is 0 Å². The van der Waals surface area contributed by atoms with Crippen molar-refractivity contribution in [3.05, 3.63) is 48.0 Å². The largest absolute Gasteiger partial charge is 0.507 e. The van der Waals surface area contributed by atoms with E-state index in [4.69, 9.17) is 5.11 Å². The molecule has 1 amide bonds. The number of carboxylic acids is 1. The molecule has 6 heteroatoms. The topological polar surface area (TPSA) is 107 Å². The van der Waals surface area contributed by atoms with Crippen molar-refractivity contribution in [1.82, 2.24) is 5.32 Å². The van der Waals surface area contributed by atoms with Crippen molar-refractivity contribution in [2.24, 2.45) is 0 Å². The molecule has 6 nitrogen and oxygen atoms in total. The minimum atomic E-state index is -1.01. The summed E-state index contributed by atoms with van der Waals surface area (Å²) in [7, 11) is 0. The van der Waals surface area contributed by atoms with Crippen LogP contribution in [-0.4, -0.2) is 33.2 Å². The van der Waals surface area contributed by atoms with E-state index in [0.717, 1.165) is 6.42 Å². The number of carbonyl (C=O) groups is 2. The lowest BCUT2D eigenvalue weighted by atomic mass is 9.97. The first kappa shape index (κ1) is 20.3. The van der Waals surface area contributed by atoms with Gasteiger partial charge in [0, 0.05) is 12.5 Å². The molecule has 0 bridgehead atoms. The molecule has 2 aromatic carbocycles. The maximum atomic E-state index is 11.9. The number of rotatable bonds is 9. The number of phenols is 2. The third-order valence-electron chi connectivity index (χ3n) is 4.27. The number of hydrogen-bond acceptors (Lipinski definition) is 4. The lowest BCUT2D eigenvalue weighted by molar-refractivity contribution is -0.138. The number of nitrogens with one attached hydrogen (secondary N) is 1. The molecule has 0 aliphatic heterocycles. The highest BCUT2D eigenvalue weighted by molar-refractivity contribution is 5.81. The van der Waals surface area contributed by atoms with Crippen LogP contribution < -0.4 is 5.32 Å². The first-order valence-electron chi connectivity index (χ1n) is 9.02. The van der Waals surface area contributed by atoms with E-state index < -0.39 is 5.97 Å². The zero-order valence-electron chi connectivity index (χ0n) is 15.3. The van der Waals surface area contributed by atoms with Crippen molar-refractivity contribution in [2.75, 3.05) is 0 Å². The summed E-state index contributed by atoms with van der Waals surface area (Å²) >= 11 is 0. The smallest absolute Gasteiger partial charge is 0.303 e. The molecule has 0 saturated carbocycles. The number of carboxylic acid groups (broad SMARTS) is 1. The number of amides is 1. The summed E-state index contributed by atoms with van der Waals surface area (Å²) in [6.45, 7) is 1.99. The molecule has 0 unspecified atom stereocenters. The van der Waals surface area contributed by atoms with Crippen molar-refractivity contribution >= 4 is 11.9 Å². The average Bonchev–Trinajstić information content (AvgIpc) is 2.60. The Hall–Kier alpha value is -3.02. The van der Waals surface area contributed by atoms with E-state index in [1.165, 1.54) is 0 Å². The number of benzene rings is 2. The highest BCUT2D eigenvalue weighted by Crippen LogP contribution is 2.38. The van der Waals surface area contributed by atoms with E-state index in [0.29, 0.717) is 29.5 Å². The van der Waals surface area contributed by atoms with Gasteiger partial charge in [-0.3, -0.25) is 9.59 Å². The standard InChI is InChI=1S/C21H25NO5/c1-2-6-16(22-19(25)9-10-20(26)27)11-14-12-17(23)21(18(24)13-14)15-7-4-3-5-8-15/h3-5,7-8,12-13,16,23-24H,2,6,9-11H2,1H3,(H,22,25)(H,26,27)/t16-/m1/s1. The molecule has 2 rings (SSSR count). The Kier molecular flexibility index (Phi) is 7.23. The first-order chi connectivity index (χ1) is 12.9. The average molecular weight is 371 g/mol. The van der Waals surface area contributed by atoms with Gasteiger partial charge in [0.05, 0.1) is 12.0 Å². The first-order valence-corrected chi connectivity index (χ1v) is 9.02. The van der Waals surface area contributed by atoms with Gasteiger partial charge in [0.15, 0.2) is 0 Å². The van der Waals surface area contributed by atoms with Gasteiger partial charge in [0.1, 0.15) is 11.5 Å². The molecular weight excluding hydrogens is 346 g/mol. The Bertz CT molecular complexity index is 765. The Labute approximate surface area is 158 Å². The number of hydrogen-bond donors (Lipinski definition) is 4. The van der Waals surface area contributed by atoms with Crippen molar-refractivity contribution < 1.29 is 24.9 Å². The fraction of sp³-hybridized carbons (Fsp3) is 0.333. The van der Waals surface area contributed by atoms with Crippen molar-refractivity contribution in [2.45, 2.75) is 45.1 Å².